The molecule has 1 aromatic heterocycles. The van der Waals surface area contributed by atoms with E-state index in [1.165, 1.54) is 29.5 Å². The quantitative estimate of drug-likeness (QED) is 0.807. The van der Waals surface area contributed by atoms with Crippen LogP contribution in [0.25, 0.3) is 0 Å². The van der Waals surface area contributed by atoms with Crippen molar-refractivity contribution in [3.05, 3.63) is 49.1 Å². The SMILES string of the molecule is O=C(O)c1c(CS(=O)(=O)c2cc(Cl)cc(Cl)c2)sc2c1CCCC2. The van der Waals surface area contributed by atoms with E-state index in [1.54, 1.807) is 0 Å². The van der Waals surface area contributed by atoms with Crippen LogP contribution in [0, 0.1) is 0 Å². The summed E-state index contributed by atoms with van der Waals surface area (Å²) in [4.78, 5) is 13.0. The third kappa shape index (κ3) is 3.47. The number of fused-ring (bicyclic) bond motifs is 1. The van der Waals surface area contributed by atoms with Crippen molar-refractivity contribution in [3.63, 3.8) is 0 Å². The first-order valence-corrected chi connectivity index (χ1v) is 10.6. The first kappa shape index (κ1) is 17.7. The van der Waals surface area contributed by atoms with Crippen LogP contribution in [0.2, 0.25) is 10.0 Å². The molecule has 0 bridgehead atoms. The van der Waals surface area contributed by atoms with E-state index in [4.69, 9.17) is 23.2 Å². The van der Waals surface area contributed by atoms with Crippen molar-refractivity contribution in [1.82, 2.24) is 0 Å². The number of aryl methyl sites for hydroxylation is 1. The van der Waals surface area contributed by atoms with Crippen LogP contribution in [0.4, 0.5) is 0 Å². The topological polar surface area (TPSA) is 71.4 Å². The van der Waals surface area contributed by atoms with Gasteiger partial charge in [0.05, 0.1) is 16.2 Å². The number of carboxylic acid groups (broad SMARTS) is 1. The average molecular weight is 405 g/mol. The summed E-state index contributed by atoms with van der Waals surface area (Å²) in [5, 5.41) is 9.99. The number of carbonyl (C=O) groups is 1. The molecule has 0 spiro atoms. The Hall–Kier alpha value is -1.08. The maximum Gasteiger partial charge on any atom is 0.337 e. The molecule has 0 fully saturated rings. The Morgan fingerprint density at radius 1 is 1.12 bits per heavy atom. The molecule has 1 aromatic carbocycles. The molecular weight excluding hydrogens is 391 g/mol. The van der Waals surface area contributed by atoms with Gasteiger partial charge in [-0.15, -0.1) is 11.3 Å². The van der Waals surface area contributed by atoms with Crippen molar-refractivity contribution < 1.29 is 18.3 Å². The number of hydrogen-bond donors (Lipinski definition) is 1. The van der Waals surface area contributed by atoms with Gasteiger partial charge in [0.15, 0.2) is 9.84 Å². The summed E-state index contributed by atoms with van der Waals surface area (Å²) in [5.41, 5.74) is 0.958. The maximum absolute atomic E-state index is 12.7. The minimum Gasteiger partial charge on any atom is -0.478 e. The summed E-state index contributed by atoms with van der Waals surface area (Å²) in [6, 6.07) is 4.11. The Balaban J connectivity index is 2.04. The first-order chi connectivity index (χ1) is 11.3. The van der Waals surface area contributed by atoms with Crippen LogP contribution >= 0.6 is 34.5 Å². The fraction of sp³-hybridized carbons (Fsp3) is 0.312. The van der Waals surface area contributed by atoms with Crippen LogP contribution in [0.5, 0.6) is 0 Å². The van der Waals surface area contributed by atoms with Crippen LogP contribution in [-0.4, -0.2) is 19.5 Å². The van der Waals surface area contributed by atoms with Gasteiger partial charge in [-0.3, -0.25) is 0 Å². The van der Waals surface area contributed by atoms with Gasteiger partial charge in [0.25, 0.3) is 0 Å². The zero-order valence-corrected chi connectivity index (χ0v) is 15.7. The summed E-state index contributed by atoms with van der Waals surface area (Å²) in [5.74, 6) is -1.42. The molecule has 0 amide bonds. The molecule has 0 radical (unpaired) electrons. The Morgan fingerprint density at radius 2 is 1.75 bits per heavy atom. The number of rotatable bonds is 4. The predicted octanol–water partition coefficient (Wildman–Crippen LogP) is 4.61. The van der Waals surface area contributed by atoms with E-state index in [0.717, 1.165) is 29.7 Å². The van der Waals surface area contributed by atoms with E-state index in [9.17, 15) is 18.3 Å². The Labute approximate surface area is 154 Å². The third-order valence-corrected chi connectivity index (χ3v) is 7.51. The Bertz CT molecular complexity index is 896. The summed E-state index contributed by atoms with van der Waals surface area (Å²) in [6.45, 7) is 0. The van der Waals surface area contributed by atoms with Crippen LogP contribution in [0.1, 0.15) is 38.5 Å². The molecule has 0 saturated carbocycles. The molecule has 1 N–H and O–H groups in total. The van der Waals surface area contributed by atoms with Crippen LogP contribution in [0.15, 0.2) is 23.1 Å². The van der Waals surface area contributed by atoms with Gasteiger partial charge >= 0.3 is 5.97 Å². The summed E-state index contributed by atoms with van der Waals surface area (Å²) in [7, 11) is -3.74. The molecule has 4 nitrogen and oxygen atoms in total. The van der Waals surface area contributed by atoms with Crippen molar-refractivity contribution in [2.45, 2.75) is 36.3 Å². The zero-order chi connectivity index (χ0) is 17.5. The minimum absolute atomic E-state index is 0.00251. The second-order valence-corrected chi connectivity index (χ2v) is 9.73. The number of thiophene rings is 1. The van der Waals surface area contributed by atoms with Crippen molar-refractivity contribution in [3.8, 4) is 0 Å². The lowest BCUT2D eigenvalue weighted by atomic mass is 9.95. The Morgan fingerprint density at radius 3 is 2.38 bits per heavy atom. The number of benzene rings is 1. The highest BCUT2D eigenvalue weighted by Gasteiger charge is 2.28. The molecule has 0 unspecified atom stereocenters. The van der Waals surface area contributed by atoms with E-state index >= 15 is 0 Å². The number of aromatic carboxylic acids is 1. The fourth-order valence-electron chi connectivity index (χ4n) is 2.94. The monoisotopic (exact) mass is 404 g/mol. The van der Waals surface area contributed by atoms with Crippen LogP contribution in [-0.2, 0) is 28.4 Å². The minimum atomic E-state index is -3.74. The van der Waals surface area contributed by atoms with Crippen molar-refractivity contribution in [2.75, 3.05) is 0 Å². The second-order valence-electron chi connectivity index (χ2n) is 5.68. The Kier molecular flexibility index (Phi) is 4.93. The van der Waals surface area contributed by atoms with Gasteiger partial charge in [-0.1, -0.05) is 23.2 Å². The maximum atomic E-state index is 12.7. The highest BCUT2D eigenvalue weighted by Crippen LogP contribution is 2.36. The van der Waals surface area contributed by atoms with E-state index in [1.807, 2.05) is 0 Å². The summed E-state index contributed by atoms with van der Waals surface area (Å²) < 4.78 is 25.4. The lowest BCUT2D eigenvalue weighted by Gasteiger charge is -2.11. The van der Waals surface area contributed by atoms with Gasteiger partial charge in [-0.25, -0.2) is 13.2 Å². The van der Waals surface area contributed by atoms with Crippen molar-refractivity contribution in [2.24, 2.45) is 0 Å². The first-order valence-electron chi connectivity index (χ1n) is 7.33. The molecule has 8 heteroatoms. The molecule has 0 saturated heterocycles. The molecule has 24 heavy (non-hydrogen) atoms. The summed E-state index contributed by atoms with van der Waals surface area (Å²) in [6.07, 6.45) is 3.43. The van der Waals surface area contributed by atoms with E-state index in [0.29, 0.717) is 11.3 Å². The number of hydrogen-bond acceptors (Lipinski definition) is 4. The van der Waals surface area contributed by atoms with Gasteiger partial charge in [0.2, 0.25) is 0 Å². The third-order valence-electron chi connectivity index (χ3n) is 3.97. The number of halogens is 2. The molecule has 3 rings (SSSR count). The molecule has 1 aliphatic rings. The molecule has 0 atom stereocenters. The molecule has 0 aliphatic heterocycles. The molecular formula is C16H14Cl2O4S2. The largest absolute Gasteiger partial charge is 0.478 e. The van der Waals surface area contributed by atoms with Gasteiger partial charge in [0, 0.05) is 19.8 Å². The fourth-order valence-corrected chi connectivity index (χ4v) is 6.75. The highest BCUT2D eigenvalue weighted by atomic mass is 35.5. The van der Waals surface area contributed by atoms with Crippen molar-refractivity contribution in [1.29, 1.82) is 0 Å². The standard InChI is InChI=1S/C16H14Cl2O4S2/c17-9-5-10(18)7-11(6-9)24(21,22)8-14-15(16(19)20)12-3-1-2-4-13(12)23-14/h5-7H,1-4,8H2,(H,19,20). The van der Waals surface area contributed by atoms with Gasteiger partial charge in [-0.2, -0.15) is 0 Å². The van der Waals surface area contributed by atoms with E-state index in [2.05, 4.69) is 0 Å². The smallest absolute Gasteiger partial charge is 0.337 e. The lowest BCUT2D eigenvalue weighted by molar-refractivity contribution is 0.0695. The van der Waals surface area contributed by atoms with E-state index < -0.39 is 15.8 Å². The molecule has 2 aromatic rings. The lowest BCUT2D eigenvalue weighted by Crippen LogP contribution is -2.10. The number of carboxylic acids is 1. The van der Waals surface area contributed by atoms with Crippen LogP contribution in [0.3, 0.4) is 0 Å². The van der Waals surface area contributed by atoms with Crippen molar-refractivity contribution >= 4 is 50.3 Å². The highest BCUT2D eigenvalue weighted by molar-refractivity contribution is 7.90. The molecule has 1 heterocycles. The number of sulfone groups is 1. The molecule has 128 valence electrons. The van der Waals surface area contributed by atoms with Gasteiger partial charge < -0.3 is 5.11 Å². The predicted molar refractivity (Wildman–Crippen MR) is 95.3 cm³/mol. The average Bonchev–Trinajstić information content (AvgIpc) is 2.83. The molecule has 1 aliphatic carbocycles. The van der Waals surface area contributed by atoms with Crippen LogP contribution < -0.4 is 0 Å². The van der Waals surface area contributed by atoms with Gasteiger partial charge in [0.1, 0.15) is 0 Å². The summed E-state index contributed by atoms with van der Waals surface area (Å²) >= 11 is 13.1. The zero-order valence-electron chi connectivity index (χ0n) is 12.5. The van der Waals surface area contributed by atoms with E-state index in [-0.39, 0.29) is 26.3 Å². The second kappa shape index (κ2) is 6.67. The normalized spacial score (nSPS) is 14.4. The van der Waals surface area contributed by atoms with Gasteiger partial charge in [-0.05, 0) is 49.4 Å².